The second-order valence-corrected chi connectivity index (χ2v) is 11.9. The van der Waals surface area contributed by atoms with Crippen molar-refractivity contribution in [1.82, 2.24) is 29.1 Å². The van der Waals surface area contributed by atoms with Gasteiger partial charge in [0.15, 0.2) is 23.9 Å². The molecule has 1 unspecified atom stereocenters. The van der Waals surface area contributed by atoms with Gasteiger partial charge < -0.3 is 45.8 Å². The number of nitrogen functional groups attached to an aromatic ring is 2. The predicted octanol–water partition coefficient (Wildman–Crippen LogP) is -2.23. The number of ether oxygens (including phenoxy) is 2. The van der Waals surface area contributed by atoms with Crippen LogP contribution in [-0.2, 0) is 32.2 Å². The molecular weight excluding hydrogens is 610 g/mol. The van der Waals surface area contributed by atoms with E-state index in [-0.39, 0.29) is 29.2 Å². The van der Waals surface area contributed by atoms with Crippen molar-refractivity contribution in [2.24, 2.45) is 0 Å². The maximum Gasteiger partial charge on any atom is 0.472 e. The quantitative estimate of drug-likeness (QED) is 0.116. The Labute approximate surface area is 234 Å². The van der Waals surface area contributed by atoms with E-state index in [1.165, 1.54) is 23.3 Å². The molecule has 3 aromatic rings. The fourth-order valence-electron chi connectivity index (χ4n) is 4.51. The Morgan fingerprint density at radius 3 is 2.50 bits per heavy atom. The zero-order valence-corrected chi connectivity index (χ0v) is 23.0. The Morgan fingerprint density at radius 1 is 1.02 bits per heavy atom. The van der Waals surface area contributed by atoms with Crippen LogP contribution in [0, 0.1) is 0 Å². The van der Waals surface area contributed by atoms with Crippen molar-refractivity contribution in [1.29, 1.82) is 0 Å². The number of hydrogen-bond donors (Lipinski definition) is 7. The second kappa shape index (κ2) is 11.6. The minimum absolute atomic E-state index is 0.0338. The highest BCUT2D eigenvalue weighted by molar-refractivity contribution is 7.47. The van der Waals surface area contributed by atoms with Crippen LogP contribution in [-0.4, -0.2) is 97.7 Å². The Morgan fingerprint density at radius 2 is 1.79 bits per heavy atom. The molecule has 0 aliphatic carbocycles. The van der Waals surface area contributed by atoms with E-state index in [1.807, 2.05) is 0 Å². The second-order valence-electron chi connectivity index (χ2n) is 9.25. The molecule has 2 saturated heterocycles. The normalized spacial score (nSPS) is 29.7. The van der Waals surface area contributed by atoms with Gasteiger partial charge in [-0.15, -0.1) is 0 Å². The van der Waals surface area contributed by atoms with Gasteiger partial charge in [0, 0.05) is 12.6 Å². The molecule has 5 heterocycles. The van der Waals surface area contributed by atoms with Crippen LogP contribution in [0.5, 0.6) is 0 Å². The highest BCUT2D eigenvalue weighted by Crippen LogP contribution is 2.49. The summed E-state index contributed by atoms with van der Waals surface area (Å²) in [4.78, 5) is 56.4. The lowest BCUT2D eigenvalue weighted by molar-refractivity contribution is -0.0570. The number of nitrogens with two attached hydrogens (primary N) is 2. The maximum atomic E-state index is 12.9. The van der Waals surface area contributed by atoms with Crippen molar-refractivity contribution in [3.8, 4) is 0 Å². The van der Waals surface area contributed by atoms with Crippen LogP contribution in [0.15, 0.2) is 29.7 Å². The smallest absolute Gasteiger partial charge is 0.388 e. The number of anilines is 2. The average Bonchev–Trinajstić information content (AvgIpc) is 3.58. The topological polar surface area (TPSA) is 312 Å². The van der Waals surface area contributed by atoms with E-state index in [0.717, 1.165) is 10.8 Å². The van der Waals surface area contributed by atoms with E-state index in [0.29, 0.717) is 0 Å². The van der Waals surface area contributed by atoms with Crippen molar-refractivity contribution in [2.75, 3.05) is 24.7 Å². The van der Waals surface area contributed by atoms with Crippen molar-refractivity contribution in [3.05, 3.63) is 35.4 Å². The third-order valence-corrected chi connectivity index (χ3v) is 7.82. The molecule has 23 heteroatoms. The Hall–Kier alpha value is -2.91. The Bertz CT molecular complexity index is 1600. The third-order valence-electron chi connectivity index (χ3n) is 6.35. The molecule has 2 fully saturated rings. The number of phosphoric acid groups is 2. The van der Waals surface area contributed by atoms with Crippen LogP contribution in [0.1, 0.15) is 18.9 Å². The highest BCUT2D eigenvalue weighted by Gasteiger charge is 2.50. The zero-order valence-electron chi connectivity index (χ0n) is 21.2. The van der Waals surface area contributed by atoms with E-state index in [2.05, 4.69) is 24.5 Å². The van der Waals surface area contributed by atoms with Gasteiger partial charge in [0.25, 0.3) is 0 Å². The van der Waals surface area contributed by atoms with Crippen molar-refractivity contribution in [2.45, 2.75) is 49.4 Å². The first-order valence-electron chi connectivity index (χ1n) is 12.0. The Balaban J connectivity index is 1.27. The summed E-state index contributed by atoms with van der Waals surface area (Å²) in [7, 11) is -10.1. The van der Waals surface area contributed by atoms with Gasteiger partial charge in [0.2, 0.25) is 0 Å². The molecule has 2 aliphatic heterocycles. The summed E-state index contributed by atoms with van der Waals surface area (Å²) in [6.45, 7) is -1.48. The van der Waals surface area contributed by atoms with E-state index in [1.54, 1.807) is 0 Å². The molecule has 8 atom stereocenters. The van der Waals surface area contributed by atoms with E-state index in [9.17, 15) is 29.0 Å². The maximum absolute atomic E-state index is 12.9. The summed E-state index contributed by atoms with van der Waals surface area (Å²) in [6.07, 6.45) is -6.14. The fourth-order valence-corrected chi connectivity index (χ4v) is 5.83. The molecule has 0 bridgehead atoms. The van der Waals surface area contributed by atoms with E-state index >= 15 is 0 Å². The molecule has 0 amide bonds. The number of aliphatic hydroxyl groups is 2. The average molecular weight is 636 g/mol. The van der Waals surface area contributed by atoms with Crippen LogP contribution in [0.3, 0.4) is 0 Å². The number of aliphatic hydroxyl groups excluding tert-OH is 2. The minimum atomic E-state index is -5.05. The van der Waals surface area contributed by atoms with Gasteiger partial charge in [-0.1, -0.05) is 0 Å². The molecule has 9 N–H and O–H groups in total. The monoisotopic (exact) mass is 636 g/mol. The van der Waals surface area contributed by atoms with E-state index in [4.69, 9.17) is 39.8 Å². The van der Waals surface area contributed by atoms with Crippen LogP contribution in [0.2, 0.25) is 0 Å². The predicted molar refractivity (Wildman–Crippen MR) is 136 cm³/mol. The molecule has 42 heavy (non-hydrogen) atoms. The minimum Gasteiger partial charge on any atom is -0.388 e. The SMILES string of the molecule is Nc1ccn([C@@H]2O[C@H](COP(=O)(O)O)[C@@H](OP(=O)(O)OC[C@H]3C[C@@H](O)[C@H](n4cnc5c(N)ncnc54)O3)[C@H]2O)c(=O)n1. The Kier molecular flexibility index (Phi) is 8.47. The van der Waals surface area contributed by atoms with Gasteiger partial charge in [-0.2, -0.15) is 4.98 Å². The summed E-state index contributed by atoms with van der Waals surface area (Å²) >= 11 is 0. The largest absolute Gasteiger partial charge is 0.472 e. The molecule has 5 rings (SSSR count). The van der Waals surface area contributed by atoms with Crippen LogP contribution in [0.4, 0.5) is 11.6 Å². The molecule has 0 spiro atoms. The molecular formula is C19H26N8O13P2. The molecule has 230 valence electrons. The van der Waals surface area contributed by atoms with Gasteiger partial charge in [0.05, 0.1) is 25.6 Å². The van der Waals surface area contributed by atoms with Crippen LogP contribution < -0.4 is 17.2 Å². The lowest BCUT2D eigenvalue weighted by atomic mass is 10.1. The number of nitrogens with zero attached hydrogens (tertiary/aromatic N) is 6. The number of imidazole rings is 1. The molecule has 0 aromatic carbocycles. The summed E-state index contributed by atoms with van der Waals surface area (Å²) in [6, 6.07) is 1.21. The van der Waals surface area contributed by atoms with Gasteiger partial charge >= 0.3 is 21.3 Å². The summed E-state index contributed by atoms with van der Waals surface area (Å²) in [5, 5.41) is 21.4. The lowest BCUT2D eigenvalue weighted by Crippen LogP contribution is -2.37. The standard InChI is InChI=1S/C19H26N8O13P2/c20-11-1-2-26(19(30)25-11)18-13(29)14(10(39-18)5-36-41(31,32)33)40-42(34,35)37-4-8-3-9(28)17(38-8)27-7-24-12-15(21)22-6-23-16(12)27/h1-2,6-10,13-14,17-18,28-29H,3-5H2,(H,34,35)(H2,20,25,30)(H2,21,22,23)(H2,31,32,33)/t8-,9-,10-,13-,14-,17-,18-/m1/s1. The molecule has 0 radical (unpaired) electrons. The number of phosphoric ester groups is 2. The molecule has 21 nitrogen and oxygen atoms in total. The van der Waals surface area contributed by atoms with Crippen LogP contribution in [0.25, 0.3) is 11.2 Å². The lowest BCUT2D eigenvalue weighted by Gasteiger charge is -2.24. The van der Waals surface area contributed by atoms with Gasteiger partial charge in [-0.05, 0) is 6.07 Å². The number of fused-ring (bicyclic) bond motifs is 1. The fraction of sp³-hybridized carbons (Fsp3) is 0.526. The highest BCUT2D eigenvalue weighted by atomic mass is 31.2. The van der Waals surface area contributed by atoms with Crippen LogP contribution >= 0.6 is 15.6 Å². The van der Waals surface area contributed by atoms with Gasteiger partial charge in [-0.25, -0.2) is 28.9 Å². The number of hydrogen-bond acceptors (Lipinski definition) is 16. The molecule has 2 aliphatic rings. The molecule has 0 saturated carbocycles. The van der Waals surface area contributed by atoms with E-state index < -0.39 is 77.5 Å². The van der Waals surface area contributed by atoms with Crippen molar-refractivity contribution < 1.29 is 57.1 Å². The summed E-state index contributed by atoms with van der Waals surface area (Å²) in [5.41, 5.74) is 10.9. The summed E-state index contributed by atoms with van der Waals surface area (Å²) < 4.78 is 52.2. The van der Waals surface area contributed by atoms with Crippen molar-refractivity contribution in [3.63, 3.8) is 0 Å². The first kappa shape index (κ1) is 30.5. The van der Waals surface area contributed by atoms with Gasteiger partial charge in [-0.3, -0.25) is 22.7 Å². The molecule has 3 aromatic heterocycles. The van der Waals surface area contributed by atoms with Crippen molar-refractivity contribution >= 4 is 38.4 Å². The van der Waals surface area contributed by atoms with Gasteiger partial charge in [0.1, 0.15) is 42.1 Å². The number of rotatable bonds is 10. The first-order chi connectivity index (χ1) is 19.7. The third kappa shape index (κ3) is 6.52. The summed E-state index contributed by atoms with van der Waals surface area (Å²) in [5.74, 6) is -0.0156. The number of aromatic nitrogens is 6. The zero-order chi connectivity index (χ0) is 30.4. The first-order valence-corrected chi connectivity index (χ1v) is 15.1.